The Kier molecular flexibility index (Phi) is 7.26. The fraction of sp³-hybridized carbons (Fsp3) is 0.435. The van der Waals surface area contributed by atoms with Crippen molar-refractivity contribution in [1.82, 2.24) is 4.90 Å². The van der Waals surface area contributed by atoms with Crippen LogP contribution in [0.1, 0.15) is 55.3 Å². The maximum Gasteiger partial charge on any atom is 0.162 e. The number of nitrogens with zero attached hydrogens (tertiary/aromatic N) is 1. The first kappa shape index (κ1) is 18.7. The summed E-state index contributed by atoms with van der Waals surface area (Å²) in [5, 5.41) is 0. The molecular weight excluding hydrogens is 322 g/mol. The Bertz CT molecular complexity index is 660. The SMILES string of the molecule is O=C(CCCCCN1CCCCC1)c1ccc(Oc2ccccc2)cc1. The Morgan fingerprint density at radius 1 is 0.808 bits per heavy atom. The van der Waals surface area contributed by atoms with Crippen LogP contribution >= 0.6 is 0 Å². The molecule has 138 valence electrons. The number of Topliss-reactive ketones (excluding diaryl/α,β-unsaturated/α-hetero) is 1. The summed E-state index contributed by atoms with van der Waals surface area (Å²) in [6.07, 6.45) is 8.05. The molecule has 0 atom stereocenters. The Hall–Kier alpha value is -2.13. The van der Waals surface area contributed by atoms with Crippen LogP contribution in [0.5, 0.6) is 11.5 Å². The zero-order valence-corrected chi connectivity index (χ0v) is 15.5. The molecule has 1 heterocycles. The molecule has 26 heavy (non-hydrogen) atoms. The molecule has 0 amide bonds. The summed E-state index contributed by atoms with van der Waals surface area (Å²) in [5.74, 6) is 1.80. The summed E-state index contributed by atoms with van der Waals surface area (Å²) in [6, 6.07) is 17.2. The van der Waals surface area contributed by atoms with E-state index in [0.717, 1.165) is 29.9 Å². The van der Waals surface area contributed by atoms with Crippen molar-refractivity contribution < 1.29 is 9.53 Å². The predicted octanol–water partition coefficient (Wildman–Crippen LogP) is 5.71. The van der Waals surface area contributed by atoms with Crippen LogP contribution in [-0.4, -0.2) is 30.3 Å². The third-order valence-electron chi connectivity index (χ3n) is 4.98. The normalized spacial score (nSPS) is 14.9. The molecule has 1 aliphatic rings. The monoisotopic (exact) mass is 351 g/mol. The summed E-state index contributed by atoms with van der Waals surface area (Å²) >= 11 is 0. The van der Waals surface area contributed by atoms with E-state index >= 15 is 0 Å². The van der Waals surface area contributed by atoms with E-state index in [1.54, 1.807) is 0 Å². The van der Waals surface area contributed by atoms with Gasteiger partial charge in [-0.1, -0.05) is 31.0 Å². The van der Waals surface area contributed by atoms with Crippen molar-refractivity contribution in [3.63, 3.8) is 0 Å². The van der Waals surface area contributed by atoms with Crippen molar-refractivity contribution in [2.75, 3.05) is 19.6 Å². The van der Waals surface area contributed by atoms with Crippen molar-refractivity contribution >= 4 is 5.78 Å². The molecule has 0 N–H and O–H groups in total. The van der Waals surface area contributed by atoms with Crippen molar-refractivity contribution in [1.29, 1.82) is 0 Å². The lowest BCUT2D eigenvalue weighted by molar-refractivity contribution is 0.0978. The van der Waals surface area contributed by atoms with Gasteiger partial charge in [0.1, 0.15) is 11.5 Å². The Morgan fingerprint density at radius 3 is 2.23 bits per heavy atom. The summed E-state index contributed by atoms with van der Waals surface area (Å²) in [6.45, 7) is 3.71. The lowest BCUT2D eigenvalue weighted by atomic mass is 10.0. The average molecular weight is 351 g/mol. The van der Waals surface area contributed by atoms with Crippen LogP contribution in [0.25, 0.3) is 0 Å². The lowest BCUT2D eigenvalue weighted by Gasteiger charge is -2.26. The molecule has 0 spiro atoms. The molecule has 0 bridgehead atoms. The first-order valence-corrected chi connectivity index (χ1v) is 9.90. The number of rotatable bonds is 9. The van der Waals surface area contributed by atoms with E-state index in [2.05, 4.69) is 4.90 Å². The number of likely N-dealkylation sites (tertiary alicyclic amines) is 1. The number of benzene rings is 2. The van der Waals surface area contributed by atoms with Crippen LogP contribution < -0.4 is 4.74 Å². The van der Waals surface area contributed by atoms with E-state index in [1.165, 1.54) is 45.3 Å². The number of piperidine rings is 1. The number of para-hydroxylation sites is 1. The summed E-state index contributed by atoms with van der Waals surface area (Å²) in [4.78, 5) is 14.9. The number of hydrogen-bond donors (Lipinski definition) is 0. The second kappa shape index (κ2) is 10.1. The number of carbonyl (C=O) groups excluding carboxylic acids is 1. The molecule has 1 aliphatic heterocycles. The molecule has 2 aromatic carbocycles. The van der Waals surface area contributed by atoms with Gasteiger partial charge in [-0.2, -0.15) is 0 Å². The second-order valence-electron chi connectivity index (χ2n) is 7.08. The second-order valence-corrected chi connectivity index (χ2v) is 7.08. The first-order valence-electron chi connectivity index (χ1n) is 9.90. The van der Waals surface area contributed by atoms with Crippen molar-refractivity contribution in [3.8, 4) is 11.5 Å². The van der Waals surface area contributed by atoms with E-state index in [-0.39, 0.29) is 5.78 Å². The molecule has 3 nitrogen and oxygen atoms in total. The van der Waals surface area contributed by atoms with Crippen LogP contribution in [-0.2, 0) is 0 Å². The largest absolute Gasteiger partial charge is 0.457 e. The van der Waals surface area contributed by atoms with Crippen LogP contribution in [0.2, 0.25) is 0 Å². The third kappa shape index (κ3) is 5.99. The van der Waals surface area contributed by atoms with E-state index in [0.29, 0.717) is 6.42 Å². The van der Waals surface area contributed by atoms with E-state index in [4.69, 9.17) is 4.74 Å². The van der Waals surface area contributed by atoms with Gasteiger partial charge in [-0.05, 0) is 81.7 Å². The number of carbonyl (C=O) groups is 1. The highest BCUT2D eigenvalue weighted by Crippen LogP contribution is 2.22. The smallest absolute Gasteiger partial charge is 0.162 e. The minimum absolute atomic E-state index is 0.231. The molecule has 0 unspecified atom stereocenters. The minimum Gasteiger partial charge on any atom is -0.457 e. The van der Waals surface area contributed by atoms with Gasteiger partial charge in [-0.25, -0.2) is 0 Å². The predicted molar refractivity (Wildman–Crippen MR) is 106 cm³/mol. The fourth-order valence-electron chi connectivity index (χ4n) is 3.46. The summed E-state index contributed by atoms with van der Waals surface area (Å²) < 4.78 is 5.77. The van der Waals surface area contributed by atoms with Gasteiger partial charge < -0.3 is 9.64 Å². The molecule has 3 rings (SSSR count). The molecule has 1 saturated heterocycles. The number of ether oxygens (including phenoxy) is 1. The molecule has 0 radical (unpaired) electrons. The summed E-state index contributed by atoms with van der Waals surface area (Å²) in [7, 11) is 0. The highest BCUT2D eigenvalue weighted by Gasteiger charge is 2.10. The standard InChI is InChI=1S/C23H29NO2/c25-23(12-6-2-7-17-24-18-8-3-9-19-24)20-13-15-22(16-14-20)26-21-10-4-1-5-11-21/h1,4-5,10-11,13-16H,2-3,6-9,12,17-19H2. The quantitative estimate of drug-likeness (QED) is 0.428. The molecule has 1 fully saturated rings. The van der Waals surface area contributed by atoms with Gasteiger partial charge >= 0.3 is 0 Å². The molecular formula is C23H29NO2. The maximum atomic E-state index is 12.3. The number of unbranched alkanes of at least 4 members (excludes halogenated alkanes) is 2. The Labute approximate surface area is 157 Å². The van der Waals surface area contributed by atoms with E-state index in [1.807, 2.05) is 54.6 Å². The average Bonchev–Trinajstić information content (AvgIpc) is 2.70. The van der Waals surface area contributed by atoms with Crippen molar-refractivity contribution in [2.24, 2.45) is 0 Å². The third-order valence-corrected chi connectivity index (χ3v) is 4.98. The number of ketones is 1. The Balaban J connectivity index is 1.36. The van der Waals surface area contributed by atoms with Crippen LogP contribution in [0.4, 0.5) is 0 Å². The molecule has 2 aromatic rings. The van der Waals surface area contributed by atoms with Crippen molar-refractivity contribution in [3.05, 3.63) is 60.2 Å². The van der Waals surface area contributed by atoms with Gasteiger partial charge in [0.15, 0.2) is 5.78 Å². The maximum absolute atomic E-state index is 12.3. The van der Waals surface area contributed by atoms with Crippen LogP contribution in [0.3, 0.4) is 0 Å². The zero-order chi connectivity index (χ0) is 18.0. The summed E-state index contributed by atoms with van der Waals surface area (Å²) in [5.41, 5.74) is 0.779. The number of hydrogen-bond acceptors (Lipinski definition) is 3. The van der Waals surface area contributed by atoms with E-state index < -0.39 is 0 Å². The van der Waals surface area contributed by atoms with Crippen molar-refractivity contribution in [2.45, 2.75) is 44.9 Å². The van der Waals surface area contributed by atoms with Gasteiger partial charge in [-0.3, -0.25) is 4.79 Å². The Morgan fingerprint density at radius 2 is 1.50 bits per heavy atom. The van der Waals surface area contributed by atoms with Gasteiger partial charge in [0, 0.05) is 12.0 Å². The first-order chi connectivity index (χ1) is 12.8. The van der Waals surface area contributed by atoms with Gasteiger partial charge in [0.25, 0.3) is 0 Å². The van der Waals surface area contributed by atoms with Crippen LogP contribution in [0, 0.1) is 0 Å². The van der Waals surface area contributed by atoms with Gasteiger partial charge in [0.05, 0.1) is 0 Å². The minimum atomic E-state index is 0.231. The highest BCUT2D eigenvalue weighted by atomic mass is 16.5. The fourth-order valence-corrected chi connectivity index (χ4v) is 3.46. The highest BCUT2D eigenvalue weighted by molar-refractivity contribution is 5.96. The molecule has 0 aromatic heterocycles. The zero-order valence-electron chi connectivity index (χ0n) is 15.5. The van der Waals surface area contributed by atoms with Gasteiger partial charge in [0.2, 0.25) is 0 Å². The van der Waals surface area contributed by atoms with Gasteiger partial charge in [-0.15, -0.1) is 0 Å². The molecule has 0 aliphatic carbocycles. The van der Waals surface area contributed by atoms with Crippen LogP contribution in [0.15, 0.2) is 54.6 Å². The molecule has 3 heteroatoms. The topological polar surface area (TPSA) is 29.5 Å². The van der Waals surface area contributed by atoms with E-state index in [9.17, 15) is 4.79 Å². The molecule has 0 saturated carbocycles. The lowest BCUT2D eigenvalue weighted by Crippen LogP contribution is -2.30.